The second-order valence-electron chi connectivity index (χ2n) is 19.5. The molecule has 2 N–H and O–H groups in total. The molecule has 2 aromatic rings. The van der Waals surface area contributed by atoms with Gasteiger partial charge < -0.3 is 24.6 Å². The minimum absolute atomic E-state index is 0.0189. The van der Waals surface area contributed by atoms with Gasteiger partial charge in [-0.1, -0.05) is 89.6 Å². The lowest BCUT2D eigenvalue weighted by Crippen LogP contribution is -2.67. The number of ketones is 1. The molecule has 1 unspecified atom stereocenters. The normalized spacial score (nSPS) is 40.1. The molecule has 9 rings (SSSR count). The Morgan fingerprint density at radius 2 is 1.58 bits per heavy atom. The molecule has 1 amide bonds. The number of aliphatic hydroxyl groups excluding tert-OH is 1. The van der Waals surface area contributed by atoms with Crippen LogP contribution in [0.1, 0.15) is 115 Å². The minimum atomic E-state index is -1.19. The Hall–Kier alpha value is -3.42. The van der Waals surface area contributed by atoms with Gasteiger partial charge in [-0.2, -0.15) is 0 Å². The standard InChI is InChI=1S/C48H63NO6/c1-31(2)37-17-12-32(3)26-39(37)55-43(52)49(29-33-10-8-7-9-11-33)30-47(53)23-20-41-45(47,5)22-19-40-44(4)21-18-35(50)27-46(44)24-25-48(40,41)38(28-46)42(51)34-13-15-36(54-6)16-14-34/h7-11,13-16,24-25,28,31-32,35,37,39-41,50,53H,12,17-23,26-27,29-30H2,1-6H3/t32-,35?,37+,39-,40+,41+,44+,45-,46-,47+,48+/m0/s1. The van der Waals surface area contributed by atoms with Crippen LogP contribution in [0, 0.1) is 51.2 Å². The summed E-state index contributed by atoms with van der Waals surface area (Å²) in [5.74, 6) is 2.12. The molecule has 0 saturated heterocycles. The van der Waals surface area contributed by atoms with Gasteiger partial charge in [0.1, 0.15) is 11.9 Å². The number of allylic oxidation sites excluding steroid dienone is 4. The summed E-state index contributed by atoms with van der Waals surface area (Å²) in [5.41, 5.74) is -0.430. The van der Waals surface area contributed by atoms with Gasteiger partial charge in [0.05, 0.1) is 25.4 Å². The second-order valence-corrected chi connectivity index (χ2v) is 19.5. The first-order chi connectivity index (χ1) is 26.2. The van der Waals surface area contributed by atoms with E-state index in [0.29, 0.717) is 48.5 Å². The first kappa shape index (κ1) is 38.5. The zero-order valence-electron chi connectivity index (χ0n) is 33.9. The quantitative estimate of drug-likeness (QED) is 0.196. The van der Waals surface area contributed by atoms with Crippen LogP contribution in [-0.4, -0.2) is 58.5 Å². The highest BCUT2D eigenvalue weighted by atomic mass is 16.6. The van der Waals surface area contributed by atoms with Crippen molar-refractivity contribution < 1.29 is 29.3 Å². The number of nitrogens with zero attached hydrogens (tertiary/aromatic N) is 1. The monoisotopic (exact) mass is 749 g/mol. The average Bonchev–Trinajstić information content (AvgIpc) is 3.44. The summed E-state index contributed by atoms with van der Waals surface area (Å²) in [4.78, 5) is 31.3. The molecule has 2 spiro atoms. The molecule has 7 aliphatic rings. The van der Waals surface area contributed by atoms with Gasteiger partial charge in [0, 0.05) is 33.9 Å². The van der Waals surface area contributed by atoms with E-state index in [2.05, 4.69) is 52.8 Å². The van der Waals surface area contributed by atoms with Gasteiger partial charge in [0.25, 0.3) is 0 Å². The number of ether oxygens (including phenoxy) is 2. The zero-order chi connectivity index (χ0) is 39.0. The van der Waals surface area contributed by atoms with Crippen LogP contribution in [-0.2, 0) is 11.3 Å². The van der Waals surface area contributed by atoms with E-state index < -0.39 is 27.9 Å². The number of hydrogen-bond donors (Lipinski definition) is 2. The van der Waals surface area contributed by atoms with Crippen molar-refractivity contribution in [3.8, 4) is 5.75 Å². The maximum Gasteiger partial charge on any atom is 0.410 e. The third kappa shape index (κ3) is 5.96. The number of hydrogen-bond acceptors (Lipinski definition) is 6. The van der Waals surface area contributed by atoms with E-state index in [9.17, 15) is 19.8 Å². The van der Waals surface area contributed by atoms with E-state index in [4.69, 9.17) is 9.47 Å². The number of aliphatic hydroxyl groups is 2. The van der Waals surface area contributed by atoms with Crippen molar-refractivity contribution in [3.05, 3.63) is 89.5 Å². The lowest BCUT2D eigenvalue weighted by Gasteiger charge is -2.71. The second kappa shape index (κ2) is 13.9. The van der Waals surface area contributed by atoms with Crippen molar-refractivity contribution in [1.29, 1.82) is 0 Å². The highest BCUT2D eigenvalue weighted by Gasteiger charge is 2.74. The van der Waals surface area contributed by atoms with Crippen molar-refractivity contribution in [3.63, 3.8) is 0 Å². The third-order valence-corrected chi connectivity index (χ3v) is 16.4. The molecule has 296 valence electrons. The highest BCUT2D eigenvalue weighted by molar-refractivity contribution is 6.10. The number of methoxy groups -OCH3 is 1. The van der Waals surface area contributed by atoms with E-state index in [1.165, 1.54) is 0 Å². The van der Waals surface area contributed by atoms with Crippen LogP contribution in [0.4, 0.5) is 4.79 Å². The van der Waals surface area contributed by atoms with Crippen LogP contribution < -0.4 is 4.74 Å². The average molecular weight is 750 g/mol. The molecule has 11 atom stereocenters. The lowest BCUT2D eigenvalue weighted by molar-refractivity contribution is -0.175. The molecule has 0 heterocycles. The first-order valence-corrected chi connectivity index (χ1v) is 21.2. The molecule has 4 saturated carbocycles. The molecule has 4 fully saturated rings. The number of benzene rings is 2. The van der Waals surface area contributed by atoms with Crippen LogP contribution >= 0.6 is 0 Å². The summed E-state index contributed by atoms with van der Waals surface area (Å²) >= 11 is 0. The Kier molecular flexibility index (Phi) is 9.72. The zero-order valence-corrected chi connectivity index (χ0v) is 33.9. The summed E-state index contributed by atoms with van der Waals surface area (Å²) in [6.45, 7) is 11.9. The topological polar surface area (TPSA) is 96.3 Å². The molecule has 2 bridgehead atoms. The van der Waals surface area contributed by atoms with Gasteiger partial charge >= 0.3 is 6.09 Å². The van der Waals surface area contributed by atoms with Crippen LogP contribution in [0.3, 0.4) is 0 Å². The predicted octanol–water partition coefficient (Wildman–Crippen LogP) is 9.57. The van der Waals surface area contributed by atoms with Crippen molar-refractivity contribution in [2.75, 3.05) is 13.7 Å². The van der Waals surface area contributed by atoms with E-state index in [1.54, 1.807) is 12.0 Å². The van der Waals surface area contributed by atoms with Crippen LogP contribution in [0.25, 0.3) is 0 Å². The van der Waals surface area contributed by atoms with E-state index in [-0.39, 0.29) is 41.8 Å². The first-order valence-electron chi connectivity index (χ1n) is 21.2. The number of rotatable bonds is 9. The third-order valence-electron chi connectivity index (χ3n) is 16.4. The van der Waals surface area contributed by atoms with Gasteiger partial charge in [-0.3, -0.25) is 4.79 Å². The number of fused-ring (bicyclic) bond motifs is 1. The fourth-order valence-corrected chi connectivity index (χ4v) is 13.3. The summed E-state index contributed by atoms with van der Waals surface area (Å²) < 4.78 is 11.9. The van der Waals surface area contributed by atoms with E-state index in [0.717, 1.165) is 62.5 Å². The molecule has 7 heteroatoms. The maximum absolute atomic E-state index is 15.0. The molecule has 0 aliphatic heterocycles. The smallest absolute Gasteiger partial charge is 0.410 e. The SMILES string of the molecule is COc1ccc(C(=O)C2=C[C@@]34C=C[C@@]25[C@@H]2CC[C@@](O)(CN(Cc6ccccc6)C(=O)O[C@H]6C[C@@H](C)CC[C@@H]6C(C)C)[C@@]2(C)CC[C@@H]5[C@@]3(C)CCC(O)C4)cc1. The minimum Gasteiger partial charge on any atom is -0.497 e. The van der Waals surface area contributed by atoms with E-state index >= 15 is 0 Å². The number of carbonyl (C=O) groups excluding carboxylic acids is 2. The van der Waals surface area contributed by atoms with Crippen LogP contribution in [0.15, 0.2) is 78.4 Å². The Labute approximate surface area is 328 Å². The molecule has 55 heavy (non-hydrogen) atoms. The van der Waals surface area contributed by atoms with Gasteiger partial charge in [0.15, 0.2) is 5.78 Å². The fourth-order valence-electron chi connectivity index (χ4n) is 13.3. The summed E-state index contributed by atoms with van der Waals surface area (Å²) in [7, 11) is 1.63. The van der Waals surface area contributed by atoms with Crippen LogP contribution in [0.5, 0.6) is 5.75 Å². The number of amides is 1. The van der Waals surface area contributed by atoms with Gasteiger partial charge in [0.2, 0.25) is 0 Å². The molecule has 0 radical (unpaired) electrons. The molecule has 2 aromatic carbocycles. The Morgan fingerprint density at radius 1 is 0.891 bits per heavy atom. The molecule has 7 aliphatic carbocycles. The van der Waals surface area contributed by atoms with Crippen molar-refractivity contribution in [1.82, 2.24) is 4.90 Å². The maximum atomic E-state index is 15.0. The summed E-state index contributed by atoms with van der Waals surface area (Å²) in [6.07, 6.45) is 14.3. The van der Waals surface area contributed by atoms with Gasteiger partial charge in [-0.15, -0.1) is 0 Å². The van der Waals surface area contributed by atoms with Crippen LogP contribution in [0.2, 0.25) is 0 Å². The van der Waals surface area contributed by atoms with Crippen molar-refractivity contribution >= 4 is 11.9 Å². The van der Waals surface area contributed by atoms with E-state index in [1.807, 2.05) is 54.6 Å². The molecule has 7 nitrogen and oxygen atoms in total. The molecular formula is C48H63NO6. The molecular weight excluding hydrogens is 687 g/mol. The Balaban J connectivity index is 1.16. The van der Waals surface area contributed by atoms with Gasteiger partial charge in [-0.05, 0) is 123 Å². The Morgan fingerprint density at radius 3 is 2.29 bits per heavy atom. The van der Waals surface area contributed by atoms with Crippen molar-refractivity contribution in [2.24, 2.45) is 51.2 Å². The summed E-state index contributed by atoms with van der Waals surface area (Å²) in [6, 6.07) is 17.5. The fraction of sp³-hybridized carbons (Fsp3) is 0.625. The highest BCUT2D eigenvalue weighted by Crippen LogP contribution is 2.78. The largest absolute Gasteiger partial charge is 0.497 e. The summed E-state index contributed by atoms with van der Waals surface area (Å²) in [5, 5.41) is 24.3. The Bertz CT molecular complexity index is 1840. The van der Waals surface area contributed by atoms with Crippen molar-refractivity contribution in [2.45, 2.75) is 123 Å². The predicted molar refractivity (Wildman–Crippen MR) is 214 cm³/mol. The molecule has 0 aromatic heterocycles. The number of carbonyl (C=O) groups is 2. The number of Topliss-reactive ketones (excluding diaryl/α,β-unsaturated/α-hetero) is 1. The van der Waals surface area contributed by atoms with Gasteiger partial charge in [-0.25, -0.2) is 4.79 Å². The lowest BCUT2D eigenvalue weighted by atomic mass is 9.32.